The summed E-state index contributed by atoms with van der Waals surface area (Å²) in [5.41, 5.74) is 4.84. The third-order valence-corrected chi connectivity index (χ3v) is 5.45. The summed E-state index contributed by atoms with van der Waals surface area (Å²) in [5, 5.41) is 13.5. The van der Waals surface area contributed by atoms with Gasteiger partial charge in [0.25, 0.3) is 0 Å². The molecule has 114 valence electrons. The third-order valence-electron chi connectivity index (χ3n) is 3.86. The molecule has 0 saturated heterocycles. The van der Waals surface area contributed by atoms with E-state index in [2.05, 4.69) is 16.7 Å². The fraction of sp³-hybridized carbons (Fsp3) is 0.750. The van der Waals surface area contributed by atoms with Crippen molar-refractivity contribution < 1.29 is 13.5 Å². The minimum absolute atomic E-state index is 0.0306. The van der Waals surface area contributed by atoms with Crippen molar-refractivity contribution in [2.24, 2.45) is 13.0 Å². The van der Waals surface area contributed by atoms with E-state index in [0.717, 1.165) is 12.8 Å². The highest BCUT2D eigenvalue weighted by molar-refractivity contribution is 7.89. The van der Waals surface area contributed by atoms with Crippen LogP contribution in [0.5, 0.6) is 0 Å². The van der Waals surface area contributed by atoms with E-state index in [1.807, 2.05) is 0 Å². The highest BCUT2D eigenvalue weighted by Crippen LogP contribution is 2.33. The summed E-state index contributed by atoms with van der Waals surface area (Å²) in [5.74, 6) is 0.349. The van der Waals surface area contributed by atoms with Gasteiger partial charge in [0, 0.05) is 13.2 Å². The van der Waals surface area contributed by atoms with Gasteiger partial charge in [-0.05, 0) is 18.8 Å². The van der Waals surface area contributed by atoms with Crippen LogP contribution in [0.25, 0.3) is 0 Å². The van der Waals surface area contributed by atoms with Crippen LogP contribution in [-0.2, 0) is 17.1 Å². The number of hydrogen-bond donors (Lipinski definition) is 3. The van der Waals surface area contributed by atoms with Crippen molar-refractivity contribution in [2.75, 3.05) is 12.3 Å². The largest absolute Gasteiger partial charge is 0.394 e. The molecule has 1 aliphatic carbocycles. The molecular weight excluding hydrogens is 280 g/mol. The van der Waals surface area contributed by atoms with E-state index >= 15 is 0 Å². The van der Waals surface area contributed by atoms with Crippen molar-refractivity contribution in [3.8, 4) is 0 Å². The number of nitrogens with two attached hydrogens (primary N) is 1. The van der Waals surface area contributed by atoms with Gasteiger partial charge in [0.15, 0.2) is 5.82 Å². The van der Waals surface area contributed by atoms with Gasteiger partial charge < -0.3 is 10.8 Å². The summed E-state index contributed by atoms with van der Waals surface area (Å²) in [6, 6.07) is 0. The standard InChI is InChI=1S/C12H22N4O3S/c1-9-4-3-5-12(6-9,8-17)15-20(18,19)10-7-16(2)14-11(10)13/h7,9,15,17H,3-6,8H2,1-2H3,(H2,13,14). The summed E-state index contributed by atoms with van der Waals surface area (Å²) in [6.45, 7) is 1.85. The Kier molecular flexibility index (Phi) is 4.08. The highest BCUT2D eigenvalue weighted by Gasteiger charge is 2.39. The van der Waals surface area contributed by atoms with Gasteiger partial charge in [0.1, 0.15) is 4.90 Å². The second-order valence-electron chi connectivity index (χ2n) is 5.80. The molecule has 1 aromatic rings. The van der Waals surface area contributed by atoms with Gasteiger partial charge in [-0.25, -0.2) is 13.1 Å². The Balaban J connectivity index is 2.28. The number of nitrogens with zero attached hydrogens (tertiary/aromatic N) is 2. The molecular formula is C12H22N4O3S. The van der Waals surface area contributed by atoms with Gasteiger partial charge in [0.2, 0.25) is 10.0 Å². The molecule has 1 saturated carbocycles. The predicted octanol–water partition coefficient (Wildman–Crippen LogP) is 0.222. The Labute approximate surface area is 119 Å². The number of aliphatic hydroxyl groups is 1. The molecule has 0 bridgehead atoms. The molecule has 1 heterocycles. The van der Waals surface area contributed by atoms with Crippen molar-refractivity contribution in [1.82, 2.24) is 14.5 Å². The summed E-state index contributed by atoms with van der Waals surface area (Å²) in [7, 11) is -2.17. The summed E-state index contributed by atoms with van der Waals surface area (Å²) >= 11 is 0. The minimum atomic E-state index is -3.78. The van der Waals surface area contributed by atoms with Crippen LogP contribution in [0.3, 0.4) is 0 Å². The molecule has 2 rings (SSSR count). The molecule has 1 aromatic heterocycles. The van der Waals surface area contributed by atoms with Crippen molar-refractivity contribution in [1.29, 1.82) is 0 Å². The Bertz CT molecular complexity index is 584. The van der Waals surface area contributed by atoms with E-state index in [1.54, 1.807) is 7.05 Å². The number of nitrogen functional groups attached to an aromatic ring is 1. The SMILES string of the molecule is CC1CCCC(CO)(NS(=O)(=O)c2cn(C)nc2N)C1. The first-order chi connectivity index (χ1) is 9.28. The lowest BCUT2D eigenvalue weighted by Crippen LogP contribution is -2.53. The predicted molar refractivity (Wildman–Crippen MR) is 75.4 cm³/mol. The number of hydrogen-bond acceptors (Lipinski definition) is 5. The first-order valence-corrected chi connectivity index (χ1v) is 8.20. The lowest BCUT2D eigenvalue weighted by Gasteiger charge is -2.38. The fourth-order valence-electron chi connectivity index (χ4n) is 2.96. The molecule has 1 fully saturated rings. The molecule has 8 heteroatoms. The molecule has 20 heavy (non-hydrogen) atoms. The van der Waals surface area contributed by atoms with Crippen LogP contribution < -0.4 is 10.5 Å². The minimum Gasteiger partial charge on any atom is -0.394 e. The number of aromatic nitrogens is 2. The second-order valence-corrected chi connectivity index (χ2v) is 7.45. The van der Waals surface area contributed by atoms with E-state index in [1.165, 1.54) is 10.9 Å². The Morgan fingerprint density at radius 2 is 2.35 bits per heavy atom. The maximum Gasteiger partial charge on any atom is 0.246 e. The number of anilines is 1. The molecule has 0 spiro atoms. The van der Waals surface area contributed by atoms with Crippen LogP contribution in [0.15, 0.2) is 11.1 Å². The number of rotatable bonds is 4. The normalized spacial score (nSPS) is 27.6. The lowest BCUT2D eigenvalue weighted by atomic mass is 9.78. The van der Waals surface area contributed by atoms with Gasteiger partial charge in [-0.3, -0.25) is 4.68 Å². The maximum atomic E-state index is 12.4. The number of nitrogens with one attached hydrogen (secondary N) is 1. The van der Waals surface area contributed by atoms with Gasteiger partial charge in [-0.1, -0.05) is 19.8 Å². The zero-order chi connectivity index (χ0) is 15.0. The van der Waals surface area contributed by atoms with E-state index in [0.29, 0.717) is 18.8 Å². The van der Waals surface area contributed by atoms with E-state index < -0.39 is 15.6 Å². The van der Waals surface area contributed by atoms with Crippen molar-refractivity contribution in [3.63, 3.8) is 0 Å². The van der Waals surface area contributed by atoms with Crippen LogP contribution in [-0.4, -0.2) is 35.5 Å². The monoisotopic (exact) mass is 302 g/mol. The van der Waals surface area contributed by atoms with Crippen LogP contribution in [0.1, 0.15) is 32.6 Å². The van der Waals surface area contributed by atoms with Crippen LogP contribution in [0, 0.1) is 5.92 Å². The average Bonchev–Trinajstić information content (AvgIpc) is 2.69. The molecule has 4 N–H and O–H groups in total. The maximum absolute atomic E-state index is 12.4. The number of aryl methyl sites for hydroxylation is 1. The molecule has 0 radical (unpaired) electrons. The Morgan fingerprint density at radius 3 is 2.85 bits per heavy atom. The van der Waals surface area contributed by atoms with Gasteiger partial charge in [-0.2, -0.15) is 5.10 Å². The zero-order valence-electron chi connectivity index (χ0n) is 11.8. The quantitative estimate of drug-likeness (QED) is 0.737. The van der Waals surface area contributed by atoms with Crippen molar-refractivity contribution in [2.45, 2.75) is 43.0 Å². The summed E-state index contributed by atoms with van der Waals surface area (Å²) in [4.78, 5) is -0.0361. The molecule has 7 nitrogen and oxygen atoms in total. The molecule has 2 unspecified atom stereocenters. The average molecular weight is 302 g/mol. The smallest absolute Gasteiger partial charge is 0.246 e. The molecule has 0 aliphatic heterocycles. The lowest BCUT2D eigenvalue weighted by molar-refractivity contribution is 0.120. The Hall–Kier alpha value is -1.12. The zero-order valence-corrected chi connectivity index (χ0v) is 12.7. The van der Waals surface area contributed by atoms with E-state index in [4.69, 9.17) is 5.73 Å². The molecule has 2 atom stereocenters. The van der Waals surface area contributed by atoms with Gasteiger partial charge in [0.05, 0.1) is 12.1 Å². The van der Waals surface area contributed by atoms with Gasteiger partial charge >= 0.3 is 0 Å². The molecule has 1 aliphatic rings. The summed E-state index contributed by atoms with van der Waals surface area (Å²) < 4.78 is 28.9. The van der Waals surface area contributed by atoms with E-state index in [9.17, 15) is 13.5 Å². The number of sulfonamides is 1. The first kappa shape index (κ1) is 15.3. The number of aliphatic hydroxyl groups excluding tert-OH is 1. The fourth-order valence-corrected chi connectivity index (χ4v) is 4.50. The van der Waals surface area contributed by atoms with Crippen LogP contribution >= 0.6 is 0 Å². The topological polar surface area (TPSA) is 110 Å². The first-order valence-electron chi connectivity index (χ1n) is 6.72. The van der Waals surface area contributed by atoms with Crippen LogP contribution in [0.4, 0.5) is 5.82 Å². The van der Waals surface area contributed by atoms with Crippen molar-refractivity contribution >= 4 is 15.8 Å². The summed E-state index contributed by atoms with van der Waals surface area (Å²) in [6.07, 6.45) is 4.58. The van der Waals surface area contributed by atoms with Crippen LogP contribution in [0.2, 0.25) is 0 Å². The molecule has 0 aromatic carbocycles. The van der Waals surface area contributed by atoms with Gasteiger partial charge in [-0.15, -0.1) is 0 Å². The highest BCUT2D eigenvalue weighted by atomic mass is 32.2. The third kappa shape index (κ3) is 2.97. The molecule has 0 amide bonds. The van der Waals surface area contributed by atoms with Crippen molar-refractivity contribution in [3.05, 3.63) is 6.20 Å². The Morgan fingerprint density at radius 1 is 1.65 bits per heavy atom. The van der Waals surface area contributed by atoms with E-state index in [-0.39, 0.29) is 17.3 Å². The second kappa shape index (κ2) is 5.34.